The third-order valence-corrected chi connectivity index (χ3v) is 0.846. The van der Waals surface area contributed by atoms with Crippen LogP contribution in [-0.4, -0.2) is 19.8 Å². The second-order valence-corrected chi connectivity index (χ2v) is 1.55. The molecule has 0 aromatic rings. The zero-order chi connectivity index (χ0) is 6.24. The van der Waals surface area contributed by atoms with E-state index in [-0.39, 0.29) is 0 Å². The molecule has 0 fully saturated rings. The van der Waals surface area contributed by atoms with Crippen molar-refractivity contribution in [1.29, 1.82) is 0 Å². The van der Waals surface area contributed by atoms with Crippen LogP contribution in [0.2, 0.25) is 0 Å². The standard InChI is InChI=1S/C6H14NO/c1-3-8-6-4-5-7-2/h7H,2-6H2,1H3. The molecule has 0 aromatic heterocycles. The van der Waals surface area contributed by atoms with Crippen LogP contribution in [0, 0.1) is 7.05 Å². The molecule has 0 aliphatic rings. The largest absolute Gasteiger partial charge is 0.382 e. The van der Waals surface area contributed by atoms with E-state index in [0.29, 0.717) is 0 Å². The van der Waals surface area contributed by atoms with Gasteiger partial charge >= 0.3 is 0 Å². The molecule has 0 aliphatic carbocycles. The zero-order valence-electron chi connectivity index (χ0n) is 5.44. The molecule has 0 bridgehead atoms. The van der Waals surface area contributed by atoms with E-state index < -0.39 is 0 Å². The van der Waals surface area contributed by atoms with E-state index in [4.69, 9.17) is 4.74 Å². The fourth-order valence-corrected chi connectivity index (χ4v) is 0.444. The Balaban J connectivity index is 2.53. The Labute approximate surface area is 51.2 Å². The van der Waals surface area contributed by atoms with Crippen LogP contribution in [-0.2, 0) is 4.74 Å². The number of nitrogens with one attached hydrogen (secondary N) is 1. The van der Waals surface area contributed by atoms with Crippen molar-refractivity contribution in [3.63, 3.8) is 0 Å². The smallest absolute Gasteiger partial charge is 0.0477 e. The second kappa shape index (κ2) is 6.92. The van der Waals surface area contributed by atoms with Gasteiger partial charge in [0.2, 0.25) is 0 Å². The number of hydrogen-bond donors (Lipinski definition) is 1. The highest BCUT2D eigenvalue weighted by atomic mass is 16.5. The summed E-state index contributed by atoms with van der Waals surface area (Å²) in [5.41, 5.74) is 0. The molecule has 2 nitrogen and oxygen atoms in total. The van der Waals surface area contributed by atoms with Crippen molar-refractivity contribution < 1.29 is 4.74 Å². The fourth-order valence-electron chi connectivity index (χ4n) is 0.444. The highest BCUT2D eigenvalue weighted by Crippen LogP contribution is 1.78. The summed E-state index contributed by atoms with van der Waals surface area (Å²) in [6, 6.07) is 0. The van der Waals surface area contributed by atoms with E-state index in [0.717, 1.165) is 26.2 Å². The lowest BCUT2D eigenvalue weighted by Crippen LogP contribution is -2.07. The summed E-state index contributed by atoms with van der Waals surface area (Å²) < 4.78 is 5.07. The first-order valence-corrected chi connectivity index (χ1v) is 2.99. The van der Waals surface area contributed by atoms with Crippen molar-refractivity contribution in [3.8, 4) is 0 Å². The van der Waals surface area contributed by atoms with Crippen molar-refractivity contribution >= 4 is 0 Å². The van der Waals surface area contributed by atoms with Gasteiger partial charge in [0.05, 0.1) is 0 Å². The van der Waals surface area contributed by atoms with Crippen molar-refractivity contribution in [2.45, 2.75) is 13.3 Å². The van der Waals surface area contributed by atoms with Crippen molar-refractivity contribution in [2.75, 3.05) is 19.8 Å². The molecule has 0 saturated carbocycles. The van der Waals surface area contributed by atoms with Crippen LogP contribution in [0.5, 0.6) is 0 Å². The molecular weight excluding hydrogens is 102 g/mol. The van der Waals surface area contributed by atoms with Crippen LogP contribution in [0.25, 0.3) is 0 Å². The Kier molecular flexibility index (Phi) is 6.85. The summed E-state index contributed by atoms with van der Waals surface area (Å²) in [7, 11) is 3.48. The van der Waals surface area contributed by atoms with Crippen LogP contribution in [0.1, 0.15) is 13.3 Å². The summed E-state index contributed by atoms with van der Waals surface area (Å²) in [4.78, 5) is 0. The molecular formula is C6H14NO. The van der Waals surface area contributed by atoms with Crippen LogP contribution in [0.3, 0.4) is 0 Å². The first kappa shape index (κ1) is 7.92. The lowest BCUT2D eigenvalue weighted by atomic mass is 10.4. The maximum Gasteiger partial charge on any atom is 0.0477 e. The minimum Gasteiger partial charge on any atom is -0.382 e. The van der Waals surface area contributed by atoms with Gasteiger partial charge in [-0.2, -0.15) is 0 Å². The Morgan fingerprint density at radius 3 is 2.88 bits per heavy atom. The van der Waals surface area contributed by atoms with Gasteiger partial charge < -0.3 is 10.1 Å². The maximum atomic E-state index is 5.07. The fraction of sp³-hybridized carbons (Fsp3) is 0.833. The topological polar surface area (TPSA) is 21.3 Å². The normalized spacial score (nSPS) is 9.75. The lowest BCUT2D eigenvalue weighted by molar-refractivity contribution is 0.145. The van der Waals surface area contributed by atoms with Crippen LogP contribution >= 0.6 is 0 Å². The summed E-state index contributed by atoms with van der Waals surface area (Å²) in [6.07, 6.45) is 1.05. The van der Waals surface area contributed by atoms with E-state index >= 15 is 0 Å². The molecule has 0 aliphatic heterocycles. The molecule has 0 aromatic carbocycles. The quantitative estimate of drug-likeness (QED) is 0.536. The molecule has 2 heteroatoms. The van der Waals surface area contributed by atoms with Gasteiger partial charge in [0.25, 0.3) is 0 Å². The predicted octanol–water partition coefficient (Wildman–Crippen LogP) is 0.794. The Morgan fingerprint density at radius 1 is 1.62 bits per heavy atom. The SMILES string of the molecule is [CH2]NCCCOCC. The average molecular weight is 116 g/mol. The monoisotopic (exact) mass is 116 g/mol. The van der Waals surface area contributed by atoms with E-state index in [1.165, 1.54) is 0 Å². The van der Waals surface area contributed by atoms with Gasteiger partial charge in [0.15, 0.2) is 0 Å². The molecule has 0 saturated heterocycles. The van der Waals surface area contributed by atoms with Gasteiger partial charge in [-0.15, -0.1) is 0 Å². The van der Waals surface area contributed by atoms with Gasteiger partial charge in [-0.3, -0.25) is 0 Å². The molecule has 49 valence electrons. The molecule has 1 N–H and O–H groups in total. The Hall–Kier alpha value is -0.0800. The molecule has 0 heterocycles. The van der Waals surface area contributed by atoms with Crippen LogP contribution < -0.4 is 5.32 Å². The number of hydrogen-bond acceptors (Lipinski definition) is 2. The molecule has 0 spiro atoms. The molecule has 0 rings (SSSR count). The highest BCUT2D eigenvalue weighted by molar-refractivity contribution is 4.41. The second-order valence-electron chi connectivity index (χ2n) is 1.55. The van der Waals surface area contributed by atoms with E-state index in [1.54, 1.807) is 0 Å². The minimum atomic E-state index is 0.817. The zero-order valence-corrected chi connectivity index (χ0v) is 5.44. The third-order valence-electron chi connectivity index (χ3n) is 0.846. The van der Waals surface area contributed by atoms with Gasteiger partial charge in [-0.1, -0.05) is 0 Å². The van der Waals surface area contributed by atoms with E-state index in [2.05, 4.69) is 12.4 Å². The summed E-state index contributed by atoms with van der Waals surface area (Å²) in [5.74, 6) is 0. The molecule has 0 amide bonds. The first-order valence-electron chi connectivity index (χ1n) is 2.99. The summed E-state index contributed by atoms with van der Waals surface area (Å²) in [6.45, 7) is 4.60. The summed E-state index contributed by atoms with van der Waals surface area (Å²) >= 11 is 0. The number of ether oxygens (including phenoxy) is 1. The van der Waals surface area contributed by atoms with E-state index in [9.17, 15) is 0 Å². The van der Waals surface area contributed by atoms with Crippen LogP contribution in [0.15, 0.2) is 0 Å². The van der Waals surface area contributed by atoms with Gasteiger partial charge in [0, 0.05) is 20.3 Å². The average Bonchev–Trinajstić information content (AvgIpc) is 1.81. The first-order chi connectivity index (χ1) is 3.91. The Morgan fingerprint density at radius 2 is 2.38 bits per heavy atom. The Bertz CT molecular complexity index is 33.5. The third kappa shape index (κ3) is 5.92. The lowest BCUT2D eigenvalue weighted by Gasteiger charge is -1.97. The molecule has 0 atom stereocenters. The van der Waals surface area contributed by atoms with Gasteiger partial charge in [0.1, 0.15) is 0 Å². The van der Waals surface area contributed by atoms with Gasteiger partial charge in [-0.25, -0.2) is 0 Å². The summed E-state index contributed by atoms with van der Waals surface area (Å²) in [5, 5.41) is 2.80. The van der Waals surface area contributed by atoms with Crippen molar-refractivity contribution in [1.82, 2.24) is 5.32 Å². The van der Waals surface area contributed by atoms with Crippen molar-refractivity contribution in [3.05, 3.63) is 7.05 Å². The van der Waals surface area contributed by atoms with Crippen molar-refractivity contribution in [2.24, 2.45) is 0 Å². The highest BCUT2D eigenvalue weighted by Gasteiger charge is 1.81. The van der Waals surface area contributed by atoms with E-state index in [1.807, 2.05) is 6.92 Å². The van der Waals surface area contributed by atoms with Gasteiger partial charge in [-0.05, 0) is 19.9 Å². The molecule has 8 heavy (non-hydrogen) atoms. The molecule has 1 radical (unpaired) electrons. The number of rotatable bonds is 5. The minimum absolute atomic E-state index is 0.817. The maximum absolute atomic E-state index is 5.07. The van der Waals surface area contributed by atoms with Crippen LogP contribution in [0.4, 0.5) is 0 Å². The molecule has 0 unspecified atom stereocenters. The predicted molar refractivity (Wildman–Crippen MR) is 34.5 cm³/mol.